The van der Waals surface area contributed by atoms with E-state index in [1.165, 1.54) is 18.2 Å². The first-order valence-electron chi connectivity index (χ1n) is 6.68. The third kappa shape index (κ3) is 2.40. The molecule has 21 heavy (non-hydrogen) atoms. The van der Waals surface area contributed by atoms with Gasteiger partial charge in [-0.1, -0.05) is 18.2 Å². The molecule has 2 aromatic rings. The zero-order valence-corrected chi connectivity index (χ0v) is 11.2. The molecule has 0 radical (unpaired) electrons. The van der Waals surface area contributed by atoms with Crippen molar-refractivity contribution >= 4 is 5.91 Å². The molecule has 0 spiro atoms. The molecule has 0 aliphatic carbocycles. The van der Waals surface area contributed by atoms with Gasteiger partial charge < -0.3 is 11.1 Å². The quantitative estimate of drug-likeness (QED) is 0.891. The summed E-state index contributed by atoms with van der Waals surface area (Å²) in [5.41, 5.74) is 7.75. The number of amides is 1. The maximum absolute atomic E-state index is 13.8. The van der Waals surface area contributed by atoms with E-state index >= 15 is 0 Å². The Hall–Kier alpha value is -2.27. The van der Waals surface area contributed by atoms with Crippen molar-refractivity contribution in [2.75, 3.05) is 6.54 Å². The van der Waals surface area contributed by atoms with E-state index in [2.05, 4.69) is 5.32 Å². The number of benzene rings is 2. The van der Waals surface area contributed by atoms with Crippen molar-refractivity contribution in [1.82, 2.24) is 5.32 Å². The van der Waals surface area contributed by atoms with Crippen LogP contribution in [-0.2, 0) is 6.42 Å². The van der Waals surface area contributed by atoms with Gasteiger partial charge in [-0.15, -0.1) is 0 Å². The Morgan fingerprint density at radius 1 is 1.14 bits per heavy atom. The number of nitrogens with two attached hydrogens (primary N) is 1. The van der Waals surface area contributed by atoms with E-state index in [4.69, 9.17) is 5.73 Å². The molecule has 3 nitrogen and oxygen atoms in total. The molecule has 0 aromatic heterocycles. The van der Waals surface area contributed by atoms with Crippen molar-refractivity contribution in [3.05, 3.63) is 70.3 Å². The minimum absolute atomic E-state index is 0.181. The second-order valence-corrected chi connectivity index (χ2v) is 5.04. The fraction of sp³-hybridized carbons (Fsp3) is 0.188. The first-order valence-corrected chi connectivity index (χ1v) is 6.68. The molecule has 0 saturated heterocycles. The minimum atomic E-state index is -0.953. The molecule has 0 saturated carbocycles. The highest BCUT2D eigenvalue weighted by atomic mass is 19.1. The predicted octanol–water partition coefficient (Wildman–Crippen LogP) is 2.30. The monoisotopic (exact) mass is 288 g/mol. The third-order valence-corrected chi connectivity index (χ3v) is 3.73. The summed E-state index contributed by atoms with van der Waals surface area (Å²) in [5.74, 6) is -1.56. The van der Waals surface area contributed by atoms with Gasteiger partial charge in [-0.2, -0.15) is 0 Å². The highest BCUT2D eigenvalue weighted by Gasteiger charge is 2.22. The van der Waals surface area contributed by atoms with E-state index in [0.717, 1.165) is 12.0 Å². The summed E-state index contributed by atoms with van der Waals surface area (Å²) < 4.78 is 27.6. The van der Waals surface area contributed by atoms with Crippen LogP contribution in [0.5, 0.6) is 0 Å². The summed E-state index contributed by atoms with van der Waals surface area (Å²) in [6.45, 7) is 0.596. The Bertz CT molecular complexity index is 695. The van der Waals surface area contributed by atoms with Gasteiger partial charge >= 0.3 is 0 Å². The summed E-state index contributed by atoms with van der Waals surface area (Å²) in [6, 6.07) is 7.80. The zero-order chi connectivity index (χ0) is 15.0. The SMILES string of the molecule is NC(c1ccc2c(c1)C(=O)NCC2)c1c(F)cccc1F. The second kappa shape index (κ2) is 5.26. The van der Waals surface area contributed by atoms with Crippen LogP contribution in [0.15, 0.2) is 36.4 Å². The predicted molar refractivity (Wildman–Crippen MR) is 74.9 cm³/mol. The maximum Gasteiger partial charge on any atom is 0.251 e. The topological polar surface area (TPSA) is 55.1 Å². The number of rotatable bonds is 2. The summed E-state index contributed by atoms with van der Waals surface area (Å²) in [4.78, 5) is 11.8. The molecule has 1 heterocycles. The average Bonchev–Trinajstić information content (AvgIpc) is 2.47. The molecule has 2 aromatic carbocycles. The van der Waals surface area contributed by atoms with E-state index in [1.54, 1.807) is 18.2 Å². The molecular weight excluding hydrogens is 274 g/mol. The second-order valence-electron chi connectivity index (χ2n) is 5.04. The average molecular weight is 288 g/mol. The van der Waals surface area contributed by atoms with Crippen molar-refractivity contribution < 1.29 is 13.6 Å². The lowest BCUT2D eigenvalue weighted by molar-refractivity contribution is 0.0946. The number of halogens is 2. The Kier molecular flexibility index (Phi) is 3.43. The van der Waals surface area contributed by atoms with Crippen LogP contribution in [0.1, 0.15) is 33.1 Å². The number of carbonyl (C=O) groups excluding carboxylic acids is 1. The first-order chi connectivity index (χ1) is 10.1. The summed E-state index contributed by atoms with van der Waals surface area (Å²) in [7, 11) is 0. The van der Waals surface area contributed by atoms with Gasteiger partial charge in [0.15, 0.2) is 0 Å². The number of nitrogens with one attached hydrogen (secondary N) is 1. The van der Waals surface area contributed by atoms with Crippen LogP contribution >= 0.6 is 0 Å². The van der Waals surface area contributed by atoms with Crippen LogP contribution in [0, 0.1) is 11.6 Å². The van der Waals surface area contributed by atoms with Gasteiger partial charge in [-0.25, -0.2) is 8.78 Å². The lowest BCUT2D eigenvalue weighted by Gasteiger charge is -2.20. The van der Waals surface area contributed by atoms with Crippen LogP contribution in [-0.4, -0.2) is 12.5 Å². The highest BCUT2D eigenvalue weighted by molar-refractivity contribution is 5.96. The molecular formula is C16H14F2N2O. The molecule has 0 bridgehead atoms. The number of fused-ring (bicyclic) bond motifs is 1. The Morgan fingerprint density at radius 3 is 2.57 bits per heavy atom. The van der Waals surface area contributed by atoms with Crippen molar-refractivity contribution in [2.45, 2.75) is 12.5 Å². The van der Waals surface area contributed by atoms with E-state index in [0.29, 0.717) is 17.7 Å². The molecule has 1 amide bonds. The molecule has 1 aliphatic heterocycles. The third-order valence-electron chi connectivity index (χ3n) is 3.73. The van der Waals surface area contributed by atoms with E-state index < -0.39 is 17.7 Å². The molecule has 3 rings (SSSR count). The smallest absolute Gasteiger partial charge is 0.251 e. The standard InChI is InChI=1S/C16H14F2N2O/c17-12-2-1-3-13(18)14(12)15(19)10-5-4-9-6-7-20-16(21)11(9)8-10/h1-5,8,15H,6-7,19H2,(H,20,21). The molecule has 5 heteroatoms. The largest absolute Gasteiger partial charge is 0.352 e. The van der Waals surface area contributed by atoms with E-state index in [9.17, 15) is 13.6 Å². The van der Waals surface area contributed by atoms with Crippen LogP contribution in [0.25, 0.3) is 0 Å². The number of carbonyl (C=O) groups is 1. The lowest BCUT2D eigenvalue weighted by atomic mass is 9.92. The van der Waals surface area contributed by atoms with Gasteiger partial charge in [0.25, 0.3) is 5.91 Å². The van der Waals surface area contributed by atoms with Crippen molar-refractivity contribution in [2.24, 2.45) is 5.73 Å². The summed E-state index contributed by atoms with van der Waals surface area (Å²) in [6.07, 6.45) is 0.741. The van der Waals surface area contributed by atoms with Crippen LogP contribution in [0.4, 0.5) is 8.78 Å². The van der Waals surface area contributed by atoms with Crippen LogP contribution < -0.4 is 11.1 Å². The van der Waals surface area contributed by atoms with Gasteiger partial charge in [0.1, 0.15) is 11.6 Å². The lowest BCUT2D eigenvalue weighted by Crippen LogP contribution is -2.32. The summed E-state index contributed by atoms with van der Waals surface area (Å²) >= 11 is 0. The number of hydrogen-bond donors (Lipinski definition) is 2. The van der Waals surface area contributed by atoms with Gasteiger partial charge in [0.05, 0.1) is 6.04 Å². The summed E-state index contributed by atoms with van der Waals surface area (Å²) in [5, 5.41) is 2.74. The van der Waals surface area contributed by atoms with Crippen LogP contribution in [0.3, 0.4) is 0 Å². The number of hydrogen-bond acceptors (Lipinski definition) is 2. The van der Waals surface area contributed by atoms with Crippen molar-refractivity contribution in [3.8, 4) is 0 Å². The normalized spacial score (nSPS) is 15.3. The van der Waals surface area contributed by atoms with Gasteiger partial charge in [-0.05, 0) is 35.7 Å². The molecule has 3 N–H and O–H groups in total. The van der Waals surface area contributed by atoms with E-state index in [1.807, 2.05) is 0 Å². The molecule has 1 atom stereocenters. The Morgan fingerprint density at radius 2 is 1.86 bits per heavy atom. The first kappa shape index (κ1) is 13.7. The minimum Gasteiger partial charge on any atom is -0.352 e. The highest BCUT2D eigenvalue weighted by Crippen LogP contribution is 2.27. The van der Waals surface area contributed by atoms with Crippen molar-refractivity contribution in [3.63, 3.8) is 0 Å². The fourth-order valence-electron chi connectivity index (χ4n) is 2.60. The fourth-order valence-corrected chi connectivity index (χ4v) is 2.60. The van der Waals surface area contributed by atoms with Gasteiger partial charge in [0, 0.05) is 17.7 Å². The Balaban J connectivity index is 2.05. The van der Waals surface area contributed by atoms with Crippen molar-refractivity contribution in [1.29, 1.82) is 0 Å². The molecule has 0 fully saturated rings. The van der Waals surface area contributed by atoms with E-state index in [-0.39, 0.29) is 11.5 Å². The molecule has 1 aliphatic rings. The van der Waals surface area contributed by atoms with Gasteiger partial charge in [0.2, 0.25) is 0 Å². The zero-order valence-electron chi connectivity index (χ0n) is 11.2. The molecule has 1 unspecified atom stereocenters. The van der Waals surface area contributed by atoms with Crippen LogP contribution in [0.2, 0.25) is 0 Å². The molecule has 108 valence electrons. The maximum atomic E-state index is 13.8. The Labute approximate surface area is 120 Å². The van der Waals surface area contributed by atoms with Gasteiger partial charge in [-0.3, -0.25) is 4.79 Å².